The fourth-order valence-corrected chi connectivity index (χ4v) is 4.30. The van der Waals surface area contributed by atoms with E-state index in [4.69, 9.17) is 4.42 Å². The number of rotatable bonds is 7. The van der Waals surface area contributed by atoms with E-state index in [-0.39, 0.29) is 28.7 Å². The van der Waals surface area contributed by atoms with Crippen LogP contribution in [0.25, 0.3) is 11.5 Å². The Morgan fingerprint density at radius 1 is 1.17 bits per heavy atom. The molecule has 10 heteroatoms. The largest absolute Gasteiger partial charge is 0.458 e. The minimum absolute atomic E-state index is 0.00886. The first-order valence-electron chi connectivity index (χ1n) is 8.72. The van der Waals surface area contributed by atoms with Crippen molar-refractivity contribution in [1.82, 2.24) is 10.3 Å². The van der Waals surface area contributed by atoms with Gasteiger partial charge in [0.1, 0.15) is 11.5 Å². The summed E-state index contributed by atoms with van der Waals surface area (Å²) in [4.78, 5) is 27.9. The number of carbonyl (C=O) groups is 2. The van der Waals surface area contributed by atoms with Gasteiger partial charge in [-0.05, 0) is 24.3 Å². The maximum Gasteiger partial charge on any atom is 0.258 e. The maximum absolute atomic E-state index is 12.6. The molecule has 0 radical (unpaired) electrons. The average molecular weight is 434 g/mol. The third kappa shape index (κ3) is 4.90. The van der Waals surface area contributed by atoms with Gasteiger partial charge in [-0.2, -0.15) is 0 Å². The van der Waals surface area contributed by atoms with E-state index in [9.17, 15) is 18.0 Å². The fraction of sp³-hybridized carbons (Fsp3) is 0.211. The molecule has 29 heavy (non-hydrogen) atoms. The Morgan fingerprint density at radius 3 is 2.66 bits per heavy atom. The Hall–Kier alpha value is -2.98. The molecule has 0 bridgehead atoms. The van der Waals surface area contributed by atoms with Gasteiger partial charge in [0.25, 0.3) is 5.91 Å². The Labute approximate surface area is 171 Å². The van der Waals surface area contributed by atoms with Gasteiger partial charge < -0.3 is 9.73 Å². The molecule has 2 N–H and O–H groups in total. The normalized spacial score (nSPS) is 11.2. The molecule has 0 atom stereocenters. The van der Waals surface area contributed by atoms with E-state index in [0.29, 0.717) is 22.3 Å². The van der Waals surface area contributed by atoms with Gasteiger partial charge in [0.05, 0.1) is 22.8 Å². The van der Waals surface area contributed by atoms with Crippen molar-refractivity contribution in [3.63, 3.8) is 0 Å². The SMILES string of the molecule is CCS(=O)(=O)c1ccccc1C(=O)Nc1nc(-c2ccc(CNC(C)=O)o2)cs1. The third-order valence-corrected chi connectivity index (χ3v) is 6.54. The van der Waals surface area contributed by atoms with Gasteiger partial charge in [0.2, 0.25) is 5.91 Å². The molecule has 0 spiro atoms. The minimum atomic E-state index is -3.54. The van der Waals surface area contributed by atoms with Gasteiger partial charge in [-0.3, -0.25) is 14.9 Å². The van der Waals surface area contributed by atoms with Gasteiger partial charge in [0.15, 0.2) is 20.7 Å². The monoisotopic (exact) mass is 433 g/mol. The number of anilines is 1. The molecule has 0 aliphatic rings. The van der Waals surface area contributed by atoms with Crippen molar-refractivity contribution in [1.29, 1.82) is 0 Å². The summed E-state index contributed by atoms with van der Waals surface area (Å²) in [5, 5.41) is 7.31. The molecular formula is C19H19N3O5S2. The Morgan fingerprint density at radius 2 is 1.93 bits per heavy atom. The summed E-state index contributed by atoms with van der Waals surface area (Å²) in [6, 6.07) is 9.52. The van der Waals surface area contributed by atoms with Crippen molar-refractivity contribution in [3.05, 3.63) is 53.1 Å². The summed E-state index contributed by atoms with van der Waals surface area (Å²) in [5.74, 6) is 0.262. The lowest BCUT2D eigenvalue weighted by Gasteiger charge is -2.08. The number of thiazole rings is 1. The minimum Gasteiger partial charge on any atom is -0.458 e. The lowest BCUT2D eigenvalue weighted by Crippen LogP contribution is -2.18. The highest BCUT2D eigenvalue weighted by molar-refractivity contribution is 7.91. The highest BCUT2D eigenvalue weighted by atomic mass is 32.2. The summed E-state index contributed by atoms with van der Waals surface area (Å²) >= 11 is 1.19. The Kier molecular flexibility index (Phi) is 6.14. The second kappa shape index (κ2) is 8.58. The fourth-order valence-electron chi connectivity index (χ4n) is 2.51. The number of sulfone groups is 1. The van der Waals surface area contributed by atoms with Crippen LogP contribution in [0.5, 0.6) is 0 Å². The van der Waals surface area contributed by atoms with Crippen LogP contribution in [0.4, 0.5) is 5.13 Å². The quantitative estimate of drug-likeness (QED) is 0.591. The number of amides is 2. The van der Waals surface area contributed by atoms with E-state index < -0.39 is 15.7 Å². The molecule has 2 amide bonds. The van der Waals surface area contributed by atoms with Gasteiger partial charge >= 0.3 is 0 Å². The summed E-state index contributed by atoms with van der Waals surface area (Å²) in [7, 11) is -3.54. The Bertz CT molecular complexity index is 1150. The van der Waals surface area contributed by atoms with E-state index in [1.807, 2.05) is 0 Å². The molecule has 1 aromatic carbocycles. The molecule has 0 aliphatic carbocycles. The molecule has 3 aromatic rings. The van der Waals surface area contributed by atoms with E-state index in [1.54, 1.807) is 29.6 Å². The van der Waals surface area contributed by atoms with Crippen LogP contribution in [-0.4, -0.2) is 31.0 Å². The summed E-state index contributed by atoms with van der Waals surface area (Å²) in [6.45, 7) is 3.22. The average Bonchev–Trinajstić information content (AvgIpc) is 3.35. The topological polar surface area (TPSA) is 118 Å². The highest BCUT2D eigenvalue weighted by Gasteiger charge is 2.21. The maximum atomic E-state index is 12.6. The second-order valence-corrected chi connectivity index (χ2v) is 9.17. The molecule has 0 fully saturated rings. The van der Waals surface area contributed by atoms with Crippen molar-refractivity contribution < 1.29 is 22.4 Å². The lowest BCUT2D eigenvalue weighted by atomic mass is 10.2. The molecule has 2 aromatic heterocycles. The van der Waals surface area contributed by atoms with Crippen molar-refractivity contribution in [2.45, 2.75) is 25.3 Å². The van der Waals surface area contributed by atoms with Crippen LogP contribution in [0, 0.1) is 0 Å². The molecule has 3 rings (SSSR count). The zero-order valence-corrected chi connectivity index (χ0v) is 17.4. The van der Waals surface area contributed by atoms with Gasteiger partial charge in [-0.1, -0.05) is 19.1 Å². The number of nitrogens with one attached hydrogen (secondary N) is 2. The first-order valence-corrected chi connectivity index (χ1v) is 11.3. The molecule has 2 heterocycles. The van der Waals surface area contributed by atoms with Crippen molar-refractivity contribution in [3.8, 4) is 11.5 Å². The number of benzene rings is 1. The molecule has 152 valence electrons. The molecule has 0 unspecified atom stereocenters. The molecule has 8 nitrogen and oxygen atoms in total. The number of nitrogens with zero attached hydrogens (tertiary/aromatic N) is 1. The zero-order chi connectivity index (χ0) is 21.0. The van der Waals surface area contributed by atoms with Crippen LogP contribution in [0.3, 0.4) is 0 Å². The van der Waals surface area contributed by atoms with Crippen LogP contribution in [0.1, 0.15) is 30.0 Å². The predicted molar refractivity (Wildman–Crippen MR) is 109 cm³/mol. The number of carbonyl (C=O) groups excluding carboxylic acids is 2. The lowest BCUT2D eigenvalue weighted by molar-refractivity contribution is -0.119. The van der Waals surface area contributed by atoms with E-state index in [1.165, 1.54) is 37.3 Å². The van der Waals surface area contributed by atoms with Crippen molar-refractivity contribution in [2.75, 3.05) is 11.1 Å². The summed E-state index contributed by atoms with van der Waals surface area (Å²) < 4.78 is 30.1. The van der Waals surface area contributed by atoms with Gasteiger partial charge in [-0.25, -0.2) is 13.4 Å². The van der Waals surface area contributed by atoms with Crippen LogP contribution in [0.2, 0.25) is 0 Å². The molecule has 0 saturated heterocycles. The van der Waals surface area contributed by atoms with E-state index in [2.05, 4.69) is 15.6 Å². The van der Waals surface area contributed by atoms with Crippen LogP contribution >= 0.6 is 11.3 Å². The van der Waals surface area contributed by atoms with Gasteiger partial charge in [-0.15, -0.1) is 11.3 Å². The van der Waals surface area contributed by atoms with Crippen LogP contribution in [0.15, 0.2) is 51.1 Å². The summed E-state index contributed by atoms with van der Waals surface area (Å²) in [6.07, 6.45) is 0. The molecular weight excluding hydrogens is 414 g/mol. The molecule has 0 saturated carbocycles. The first kappa shape index (κ1) is 20.7. The van der Waals surface area contributed by atoms with E-state index >= 15 is 0 Å². The van der Waals surface area contributed by atoms with Crippen molar-refractivity contribution >= 4 is 38.1 Å². The number of aromatic nitrogens is 1. The zero-order valence-electron chi connectivity index (χ0n) is 15.8. The third-order valence-electron chi connectivity index (χ3n) is 4.00. The first-order chi connectivity index (χ1) is 13.8. The van der Waals surface area contributed by atoms with Crippen LogP contribution < -0.4 is 10.6 Å². The summed E-state index contributed by atoms with van der Waals surface area (Å²) in [5.41, 5.74) is 0.593. The van der Waals surface area contributed by atoms with Crippen molar-refractivity contribution in [2.24, 2.45) is 0 Å². The number of furan rings is 1. The second-order valence-electron chi connectivity index (χ2n) is 6.07. The predicted octanol–water partition coefficient (Wildman–Crippen LogP) is 3.09. The van der Waals surface area contributed by atoms with Gasteiger partial charge in [0, 0.05) is 12.3 Å². The highest BCUT2D eigenvalue weighted by Crippen LogP contribution is 2.27. The van der Waals surface area contributed by atoms with E-state index in [0.717, 1.165) is 0 Å². The number of hydrogen-bond donors (Lipinski definition) is 2. The standard InChI is InChI=1S/C19H19N3O5S2/c1-3-29(25,26)17-7-5-4-6-14(17)18(24)22-19-21-15(11-28-19)16-9-8-13(27-16)10-20-12(2)23/h4-9,11H,3,10H2,1-2H3,(H,20,23)(H,21,22,24). The number of hydrogen-bond acceptors (Lipinski definition) is 7. The molecule has 0 aliphatic heterocycles. The van der Waals surface area contributed by atoms with Crippen LogP contribution in [-0.2, 0) is 21.2 Å². The smallest absolute Gasteiger partial charge is 0.258 e. The Balaban J connectivity index is 1.76.